The number of carbonyl (C=O) groups is 2. The molecule has 2 N–H and O–H groups in total. The van der Waals surface area contributed by atoms with E-state index >= 15 is 0 Å². The first-order chi connectivity index (χ1) is 10.4. The molecule has 0 bridgehead atoms. The zero-order chi connectivity index (χ0) is 16.2. The molecule has 0 spiro atoms. The van der Waals surface area contributed by atoms with Crippen molar-refractivity contribution in [2.45, 2.75) is 57.6 Å². The lowest BCUT2D eigenvalue weighted by Gasteiger charge is -2.27. The third kappa shape index (κ3) is 3.75. The van der Waals surface area contributed by atoms with Crippen LogP contribution in [0.3, 0.4) is 0 Å². The molecule has 0 aliphatic heterocycles. The number of aliphatic carboxylic acids is 1. The smallest absolute Gasteiger partial charge is 0.329 e. The topological polar surface area (TPSA) is 88.5 Å². The molecule has 1 aromatic heterocycles. The fourth-order valence-electron chi connectivity index (χ4n) is 2.32. The predicted octanol–water partition coefficient (Wildman–Crippen LogP) is 2.39. The number of hydrogen-bond acceptors (Lipinski definition) is 4. The van der Waals surface area contributed by atoms with Gasteiger partial charge >= 0.3 is 5.97 Å². The maximum Gasteiger partial charge on any atom is 0.329 e. The Bertz CT molecular complexity index is 557. The maximum atomic E-state index is 12.3. The van der Waals surface area contributed by atoms with Gasteiger partial charge < -0.3 is 15.2 Å². The minimum Gasteiger partial charge on any atom is -0.480 e. The average molecular weight is 306 g/mol. The summed E-state index contributed by atoms with van der Waals surface area (Å²) in [6.07, 6.45) is 5.87. The number of carbonyl (C=O) groups excluding carboxylic acids is 1. The first-order valence-electron chi connectivity index (χ1n) is 7.63. The standard InChI is InChI=1S/C16H22N2O4/c1-3-8-16(2,15(20)21)18-14(19)11-7-9-17-13(10-11)22-12-5-4-6-12/h7,9-10,12H,3-6,8H2,1-2H3,(H,18,19)(H,20,21). The summed E-state index contributed by atoms with van der Waals surface area (Å²) in [6, 6.07) is 3.11. The van der Waals surface area contributed by atoms with Crippen molar-refractivity contribution in [1.82, 2.24) is 10.3 Å². The molecule has 1 unspecified atom stereocenters. The number of hydrogen-bond donors (Lipinski definition) is 2. The molecule has 1 amide bonds. The van der Waals surface area contributed by atoms with Gasteiger partial charge in [0.25, 0.3) is 5.91 Å². The van der Waals surface area contributed by atoms with Crippen LogP contribution in [0, 0.1) is 0 Å². The number of pyridine rings is 1. The van der Waals surface area contributed by atoms with Crippen LogP contribution >= 0.6 is 0 Å². The number of amides is 1. The molecule has 0 radical (unpaired) electrons. The highest BCUT2D eigenvalue weighted by molar-refractivity contribution is 5.97. The average Bonchev–Trinajstić information content (AvgIpc) is 2.43. The first-order valence-corrected chi connectivity index (χ1v) is 7.63. The van der Waals surface area contributed by atoms with E-state index in [0.717, 1.165) is 19.3 Å². The van der Waals surface area contributed by atoms with Crippen molar-refractivity contribution in [3.63, 3.8) is 0 Å². The largest absolute Gasteiger partial charge is 0.480 e. The Morgan fingerprint density at radius 2 is 2.23 bits per heavy atom. The lowest BCUT2D eigenvalue weighted by atomic mass is 9.95. The van der Waals surface area contributed by atoms with Crippen LogP contribution in [0.25, 0.3) is 0 Å². The highest BCUT2D eigenvalue weighted by Gasteiger charge is 2.34. The summed E-state index contributed by atoms with van der Waals surface area (Å²) < 4.78 is 5.66. The molecular weight excluding hydrogens is 284 g/mol. The van der Waals surface area contributed by atoms with E-state index in [2.05, 4.69) is 10.3 Å². The Kier molecular flexibility index (Phi) is 5.00. The summed E-state index contributed by atoms with van der Waals surface area (Å²) in [5.74, 6) is -1.06. The minimum atomic E-state index is -1.27. The Morgan fingerprint density at radius 3 is 2.77 bits per heavy atom. The van der Waals surface area contributed by atoms with Gasteiger partial charge in [0, 0.05) is 17.8 Å². The highest BCUT2D eigenvalue weighted by Crippen LogP contribution is 2.24. The van der Waals surface area contributed by atoms with Crippen LogP contribution in [0.1, 0.15) is 56.3 Å². The Hall–Kier alpha value is -2.11. The van der Waals surface area contributed by atoms with Crippen molar-refractivity contribution in [3.05, 3.63) is 23.9 Å². The second-order valence-corrected chi connectivity index (χ2v) is 5.89. The molecule has 0 saturated heterocycles. The minimum absolute atomic E-state index is 0.176. The number of carboxylic acid groups (broad SMARTS) is 1. The van der Waals surface area contributed by atoms with Gasteiger partial charge in [-0.2, -0.15) is 0 Å². The summed E-state index contributed by atoms with van der Waals surface area (Å²) in [5.41, 5.74) is -0.919. The normalized spacial score (nSPS) is 17.2. The third-order valence-corrected chi connectivity index (χ3v) is 3.95. The zero-order valence-corrected chi connectivity index (χ0v) is 13.0. The zero-order valence-electron chi connectivity index (χ0n) is 13.0. The fraction of sp³-hybridized carbons (Fsp3) is 0.562. The van der Waals surface area contributed by atoms with E-state index in [1.54, 1.807) is 12.1 Å². The van der Waals surface area contributed by atoms with Gasteiger partial charge in [-0.25, -0.2) is 9.78 Å². The van der Waals surface area contributed by atoms with Crippen LogP contribution in [0.2, 0.25) is 0 Å². The summed E-state index contributed by atoms with van der Waals surface area (Å²) in [4.78, 5) is 27.8. The summed E-state index contributed by atoms with van der Waals surface area (Å²) in [5, 5.41) is 11.9. The van der Waals surface area contributed by atoms with Gasteiger partial charge in [0.15, 0.2) is 0 Å². The number of rotatable bonds is 7. The molecular formula is C16H22N2O4. The fourth-order valence-corrected chi connectivity index (χ4v) is 2.32. The van der Waals surface area contributed by atoms with E-state index in [1.807, 2.05) is 6.92 Å². The summed E-state index contributed by atoms with van der Waals surface area (Å²) in [6.45, 7) is 3.40. The Balaban J connectivity index is 2.07. The van der Waals surface area contributed by atoms with Crippen molar-refractivity contribution in [2.24, 2.45) is 0 Å². The van der Waals surface area contributed by atoms with Crippen molar-refractivity contribution >= 4 is 11.9 Å². The van der Waals surface area contributed by atoms with E-state index in [4.69, 9.17) is 4.74 Å². The molecule has 2 rings (SSSR count). The Morgan fingerprint density at radius 1 is 1.50 bits per heavy atom. The quantitative estimate of drug-likeness (QED) is 0.807. The van der Waals surface area contributed by atoms with Crippen molar-refractivity contribution in [3.8, 4) is 5.88 Å². The van der Waals surface area contributed by atoms with Crippen molar-refractivity contribution < 1.29 is 19.4 Å². The van der Waals surface area contributed by atoms with E-state index in [-0.39, 0.29) is 6.10 Å². The molecule has 1 fully saturated rings. The van der Waals surface area contributed by atoms with E-state index in [9.17, 15) is 14.7 Å². The van der Waals surface area contributed by atoms with E-state index in [0.29, 0.717) is 24.3 Å². The molecule has 6 heteroatoms. The third-order valence-electron chi connectivity index (χ3n) is 3.95. The number of ether oxygens (including phenoxy) is 1. The van der Waals surface area contributed by atoms with Crippen LogP contribution in [0.4, 0.5) is 0 Å². The summed E-state index contributed by atoms with van der Waals surface area (Å²) >= 11 is 0. The first kappa shape index (κ1) is 16.3. The molecule has 22 heavy (non-hydrogen) atoms. The Labute approximate surface area is 129 Å². The summed E-state index contributed by atoms with van der Waals surface area (Å²) in [7, 11) is 0. The van der Waals surface area contributed by atoms with Crippen molar-refractivity contribution in [2.75, 3.05) is 0 Å². The second kappa shape index (κ2) is 6.77. The van der Waals surface area contributed by atoms with Gasteiger partial charge in [-0.1, -0.05) is 13.3 Å². The molecule has 1 heterocycles. The number of carboxylic acids is 1. The molecule has 1 aromatic rings. The lowest BCUT2D eigenvalue weighted by Crippen LogP contribution is -2.52. The van der Waals surface area contributed by atoms with Gasteiger partial charge in [0.2, 0.25) is 5.88 Å². The van der Waals surface area contributed by atoms with Gasteiger partial charge in [-0.05, 0) is 38.7 Å². The van der Waals surface area contributed by atoms with Crippen LogP contribution in [0.5, 0.6) is 5.88 Å². The molecule has 1 saturated carbocycles. The van der Waals surface area contributed by atoms with Crippen LogP contribution < -0.4 is 10.1 Å². The monoisotopic (exact) mass is 306 g/mol. The van der Waals surface area contributed by atoms with E-state index < -0.39 is 17.4 Å². The SMILES string of the molecule is CCCC(C)(NC(=O)c1ccnc(OC2CCC2)c1)C(=O)O. The van der Waals surface area contributed by atoms with Crippen molar-refractivity contribution in [1.29, 1.82) is 0 Å². The van der Waals surface area contributed by atoms with Gasteiger partial charge in [-0.15, -0.1) is 0 Å². The lowest BCUT2D eigenvalue weighted by molar-refractivity contribution is -0.144. The molecule has 1 aliphatic rings. The van der Waals surface area contributed by atoms with E-state index in [1.165, 1.54) is 13.1 Å². The van der Waals surface area contributed by atoms with Gasteiger partial charge in [-0.3, -0.25) is 4.79 Å². The predicted molar refractivity (Wildman–Crippen MR) is 80.9 cm³/mol. The number of nitrogens with zero attached hydrogens (tertiary/aromatic N) is 1. The highest BCUT2D eigenvalue weighted by atomic mass is 16.5. The molecule has 1 atom stereocenters. The van der Waals surface area contributed by atoms with Gasteiger partial charge in [0.1, 0.15) is 11.6 Å². The van der Waals surface area contributed by atoms with Crippen LogP contribution in [0.15, 0.2) is 18.3 Å². The molecule has 1 aliphatic carbocycles. The van der Waals surface area contributed by atoms with Gasteiger partial charge in [0.05, 0.1) is 0 Å². The number of aromatic nitrogens is 1. The molecule has 0 aromatic carbocycles. The maximum absolute atomic E-state index is 12.3. The van der Waals surface area contributed by atoms with Crippen LogP contribution in [-0.2, 0) is 4.79 Å². The van der Waals surface area contributed by atoms with Crippen LogP contribution in [-0.4, -0.2) is 33.6 Å². The molecule has 120 valence electrons. The second-order valence-electron chi connectivity index (χ2n) is 5.89. The number of nitrogens with one attached hydrogen (secondary N) is 1. The molecule has 6 nitrogen and oxygen atoms in total.